The second-order valence-electron chi connectivity index (χ2n) is 16.4. The quantitative estimate of drug-likeness (QED) is 0.123. The van der Waals surface area contributed by atoms with Gasteiger partial charge in [0.25, 0.3) is 0 Å². The molecule has 0 aliphatic carbocycles. The molecule has 54 heavy (non-hydrogen) atoms. The summed E-state index contributed by atoms with van der Waals surface area (Å²) >= 11 is -1.86. The Bertz CT molecular complexity index is 2540. The summed E-state index contributed by atoms with van der Waals surface area (Å²) in [6.45, 7) is 13.2. The van der Waals surface area contributed by atoms with E-state index in [1.807, 2.05) is 43.3 Å². The van der Waals surface area contributed by atoms with Gasteiger partial charge in [0.05, 0.1) is 22.4 Å². The molecule has 0 aliphatic rings. The van der Waals surface area contributed by atoms with Gasteiger partial charge in [-0.15, -0.1) is 23.8 Å². The fourth-order valence-electron chi connectivity index (χ4n) is 6.88. The number of furan rings is 1. The predicted octanol–water partition coefficient (Wildman–Crippen LogP) is 11.7. The van der Waals surface area contributed by atoms with Crippen LogP contribution in [-0.4, -0.2) is 32.8 Å². The number of para-hydroxylation sites is 2. The molecule has 0 saturated carbocycles. The number of hydrogen-bond acceptors (Lipinski definition) is 4. The third-order valence-corrected chi connectivity index (χ3v) is 13.9. The molecule has 277 valence electrons. The van der Waals surface area contributed by atoms with Gasteiger partial charge in [0.1, 0.15) is 0 Å². The summed E-state index contributed by atoms with van der Waals surface area (Å²) in [5, 5.41) is 2.02. The van der Waals surface area contributed by atoms with Gasteiger partial charge in [-0.3, -0.25) is 4.98 Å². The van der Waals surface area contributed by atoms with Gasteiger partial charge in [0.2, 0.25) is 5.71 Å². The topological polar surface area (TPSA) is 56.7 Å². The van der Waals surface area contributed by atoms with E-state index in [9.17, 15) is 0 Å². The Labute approximate surface area is 336 Å². The van der Waals surface area contributed by atoms with Gasteiger partial charge < -0.3 is 8.98 Å². The summed E-state index contributed by atoms with van der Waals surface area (Å²) in [5.74, 6) is 8.85. The van der Waals surface area contributed by atoms with E-state index in [1.54, 1.807) is 4.40 Å². The number of hydrogen-bond donors (Lipinski definition) is 0. The summed E-state index contributed by atoms with van der Waals surface area (Å²) in [7, 11) is 0. The SMILES string of the molecule is CC(C)Cc1cc(-c2[c-]cccc2)nc[c]1[Ge]([CH3])([CH3])[CH3].Cc1ccc2c(n1)oc1c[c-]c(-c3nc4ccccc4n3-c3ccc(C(C)(C)C)cc3)cc12.[Ir]. The van der Waals surface area contributed by atoms with E-state index in [0.29, 0.717) is 11.6 Å². The zero-order valence-electron chi connectivity index (χ0n) is 32.7. The summed E-state index contributed by atoms with van der Waals surface area (Å²) in [6.07, 6.45) is 3.27. The zero-order valence-corrected chi connectivity index (χ0v) is 37.2. The van der Waals surface area contributed by atoms with Crippen LogP contribution in [0.5, 0.6) is 0 Å². The summed E-state index contributed by atoms with van der Waals surface area (Å²) < 4.78 is 9.73. The molecule has 1 radical (unpaired) electrons. The monoisotopic (exact) mass is 951 g/mol. The van der Waals surface area contributed by atoms with Crippen LogP contribution in [0.25, 0.3) is 61.4 Å². The van der Waals surface area contributed by atoms with E-state index >= 15 is 0 Å². The van der Waals surface area contributed by atoms with Crippen molar-refractivity contribution in [3.63, 3.8) is 0 Å². The van der Waals surface area contributed by atoms with Crippen LogP contribution in [0.2, 0.25) is 17.3 Å². The van der Waals surface area contributed by atoms with Crippen LogP contribution in [0.1, 0.15) is 51.4 Å². The summed E-state index contributed by atoms with van der Waals surface area (Å²) in [5.41, 5.74) is 11.4. The number of aryl methyl sites for hydroxylation is 1. The van der Waals surface area contributed by atoms with Crippen molar-refractivity contribution in [2.45, 2.75) is 70.6 Å². The summed E-state index contributed by atoms with van der Waals surface area (Å²) in [4.78, 5) is 14.2. The summed E-state index contributed by atoms with van der Waals surface area (Å²) in [6, 6.07) is 42.2. The molecule has 0 spiro atoms. The first-order valence-electron chi connectivity index (χ1n) is 18.5. The molecule has 4 heterocycles. The fraction of sp³-hybridized carbons (Fsp3) is 0.255. The van der Waals surface area contributed by atoms with Gasteiger partial charge in [0, 0.05) is 36.9 Å². The van der Waals surface area contributed by atoms with E-state index in [1.165, 1.54) is 11.1 Å². The van der Waals surface area contributed by atoms with Gasteiger partial charge in [-0.05, 0) is 54.3 Å². The van der Waals surface area contributed by atoms with Crippen LogP contribution in [0.15, 0.2) is 114 Å². The molecule has 0 bridgehead atoms. The molecule has 8 rings (SSSR count). The number of aromatic nitrogens is 4. The first-order chi connectivity index (χ1) is 25.3. The van der Waals surface area contributed by atoms with Crippen molar-refractivity contribution in [2.24, 2.45) is 5.92 Å². The molecule has 8 aromatic rings. The van der Waals surface area contributed by atoms with Crippen LogP contribution in [0.4, 0.5) is 0 Å². The van der Waals surface area contributed by atoms with Crippen molar-refractivity contribution in [3.8, 4) is 28.3 Å². The maximum absolute atomic E-state index is 5.97. The minimum absolute atomic E-state index is 0. The second kappa shape index (κ2) is 15.8. The van der Waals surface area contributed by atoms with Gasteiger partial charge in [-0.25, -0.2) is 4.98 Å². The Balaban J connectivity index is 0.000000205. The van der Waals surface area contributed by atoms with Crippen LogP contribution in [0.3, 0.4) is 0 Å². The average molecular weight is 950 g/mol. The van der Waals surface area contributed by atoms with Gasteiger partial charge in [-0.1, -0.05) is 50.4 Å². The van der Waals surface area contributed by atoms with Crippen molar-refractivity contribution in [3.05, 3.63) is 138 Å². The fourth-order valence-corrected chi connectivity index (χ4v) is 10.2. The average Bonchev–Trinajstić information content (AvgIpc) is 3.69. The maximum Gasteiger partial charge on any atom is 0.216 e. The van der Waals surface area contributed by atoms with Crippen molar-refractivity contribution in [2.75, 3.05) is 0 Å². The van der Waals surface area contributed by atoms with Crippen LogP contribution >= 0.6 is 0 Å². The molecule has 0 saturated heterocycles. The third kappa shape index (κ3) is 8.32. The van der Waals surface area contributed by atoms with Crippen molar-refractivity contribution < 1.29 is 24.5 Å². The second-order valence-corrected chi connectivity index (χ2v) is 27.0. The molecule has 0 fully saturated rings. The normalized spacial score (nSPS) is 11.9. The third-order valence-electron chi connectivity index (χ3n) is 9.61. The number of rotatable bonds is 6. The van der Waals surface area contributed by atoms with E-state index in [2.05, 4.69) is 146 Å². The van der Waals surface area contributed by atoms with Gasteiger partial charge >= 0.3 is 126 Å². The van der Waals surface area contributed by atoms with Crippen molar-refractivity contribution in [1.29, 1.82) is 0 Å². The smallest absolute Gasteiger partial charge is 0.216 e. The molecule has 0 unspecified atom stereocenters. The zero-order chi connectivity index (χ0) is 37.5. The molecular weight excluding hydrogens is 901 g/mol. The van der Waals surface area contributed by atoms with Crippen LogP contribution < -0.4 is 4.40 Å². The number of imidazole rings is 1. The van der Waals surface area contributed by atoms with E-state index in [-0.39, 0.29) is 25.5 Å². The Morgan fingerprint density at radius 2 is 1.56 bits per heavy atom. The molecule has 4 aromatic carbocycles. The first kappa shape index (κ1) is 39.3. The minimum atomic E-state index is -1.86. The van der Waals surface area contributed by atoms with Crippen LogP contribution in [-0.2, 0) is 31.9 Å². The molecule has 7 heteroatoms. The van der Waals surface area contributed by atoms with E-state index < -0.39 is 13.3 Å². The number of pyridine rings is 2. The minimum Gasteiger partial charge on any atom is -0.486 e. The predicted molar refractivity (Wildman–Crippen MR) is 224 cm³/mol. The Morgan fingerprint density at radius 1 is 0.815 bits per heavy atom. The van der Waals surface area contributed by atoms with E-state index in [4.69, 9.17) is 14.4 Å². The van der Waals surface area contributed by atoms with E-state index in [0.717, 1.165) is 67.8 Å². The molecule has 0 aliphatic heterocycles. The maximum atomic E-state index is 5.97. The molecule has 0 amide bonds. The number of nitrogens with zero attached hydrogens (tertiary/aromatic N) is 4. The number of fused-ring (bicyclic) bond motifs is 4. The van der Waals surface area contributed by atoms with Gasteiger partial charge in [0.15, 0.2) is 0 Å². The Hall–Kier alpha value is -4.36. The standard InChI is InChI=1S/C29H24N3O.C18H24GeN.Ir/c1-18-9-15-22-23-17-19(10-16-26(23)33-28(22)30-18)27-31-24-7-5-6-8-25(24)32(27)21-13-11-20(12-14-21)29(2,3)4;1-14(2)11-16-12-18(15-9-7-6-8-10-15)20-13-17(16)19(3,4)5;/h5-9,11-17H,1-4H3;6-9,12-14H,11H2,1-5H3;/q2*-1;. The Kier molecular flexibility index (Phi) is 11.5. The molecular formula is C47H48GeIrN4O-2. The van der Waals surface area contributed by atoms with Crippen molar-refractivity contribution >= 4 is 50.8 Å². The Morgan fingerprint density at radius 3 is 2.24 bits per heavy atom. The van der Waals surface area contributed by atoms with Crippen molar-refractivity contribution in [1.82, 2.24) is 19.5 Å². The van der Waals surface area contributed by atoms with Gasteiger partial charge in [-0.2, -0.15) is 0 Å². The molecule has 0 N–H and O–H groups in total. The van der Waals surface area contributed by atoms with Crippen LogP contribution in [0, 0.1) is 25.0 Å². The molecule has 4 aromatic heterocycles. The molecule has 5 nitrogen and oxygen atoms in total. The molecule has 0 atom stereocenters. The largest absolute Gasteiger partial charge is 0.486 e. The first-order valence-corrected chi connectivity index (χ1v) is 25.9. The number of benzene rings is 4.